The Kier molecular flexibility index (Phi) is 5.74. The Hall–Kier alpha value is -4.70. The maximum absolute atomic E-state index is 10.1. The highest BCUT2D eigenvalue weighted by Gasteiger charge is 2.19. The van der Waals surface area contributed by atoms with Gasteiger partial charge in [-0.3, -0.25) is 0 Å². The lowest BCUT2D eigenvalue weighted by atomic mass is 9.77. The first-order valence-corrected chi connectivity index (χ1v) is 13.2. The van der Waals surface area contributed by atoms with Crippen LogP contribution in [0.15, 0.2) is 140 Å². The van der Waals surface area contributed by atoms with E-state index in [2.05, 4.69) is 115 Å². The lowest BCUT2D eigenvalue weighted by Crippen LogP contribution is -2.29. The van der Waals surface area contributed by atoms with E-state index in [0.717, 1.165) is 43.8 Å². The van der Waals surface area contributed by atoms with Crippen LogP contribution in [0.4, 0.5) is 0 Å². The van der Waals surface area contributed by atoms with E-state index in [-0.39, 0.29) is 0 Å². The number of benzene rings is 7. The Balaban J connectivity index is 1.54. The van der Waals surface area contributed by atoms with E-state index in [0.29, 0.717) is 5.46 Å². The van der Waals surface area contributed by atoms with Crippen LogP contribution in [0, 0.1) is 0 Å². The third-order valence-electron chi connectivity index (χ3n) is 7.67. The van der Waals surface area contributed by atoms with Gasteiger partial charge < -0.3 is 10.0 Å². The van der Waals surface area contributed by atoms with Gasteiger partial charge in [-0.25, -0.2) is 0 Å². The van der Waals surface area contributed by atoms with E-state index < -0.39 is 7.12 Å². The molecule has 2 nitrogen and oxygen atoms in total. The van der Waals surface area contributed by atoms with Crippen molar-refractivity contribution >= 4 is 44.9 Å². The molecule has 0 heterocycles. The van der Waals surface area contributed by atoms with Crippen molar-refractivity contribution in [3.8, 4) is 33.4 Å². The Morgan fingerprint density at radius 3 is 1.62 bits per heavy atom. The van der Waals surface area contributed by atoms with Crippen LogP contribution in [-0.4, -0.2) is 17.2 Å². The smallest absolute Gasteiger partial charge is 0.423 e. The van der Waals surface area contributed by atoms with Crippen molar-refractivity contribution < 1.29 is 10.0 Å². The molecule has 7 rings (SSSR count). The van der Waals surface area contributed by atoms with Gasteiger partial charge >= 0.3 is 7.12 Å². The molecule has 0 saturated carbocycles. The Morgan fingerprint density at radius 1 is 0.359 bits per heavy atom. The minimum Gasteiger partial charge on any atom is -0.423 e. The van der Waals surface area contributed by atoms with E-state index in [1.807, 2.05) is 24.3 Å². The van der Waals surface area contributed by atoms with Crippen molar-refractivity contribution in [3.05, 3.63) is 140 Å². The van der Waals surface area contributed by atoms with Crippen LogP contribution >= 0.6 is 0 Å². The van der Waals surface area contributed by atoms with Gasteiger partial charge in [0.1, 0.15) is 0 Å². The van der Waals surface area contributed by atoms with Crippen molar-refractivity contribution in [1.29, 1.82) is 0 Å². The number of rotatable bonds is 4. The van der Waals surface area contributed by atoms with Gasteiger partial charge in [0.05, 0.1) is 0 Å². The average molecular weight is 500 g/mol. The molecule has 0 aromatic heterocycles. The highest BCUT2D eigenvalue weighted by Crippen LogP contribution is 2.44. The Labute approximate surface area is 227 Å². The predicted octanol–water partition coefficient (Wildman–Crippen LogP) is 7.83. The Bertz CT molecular complexity index is 1980. The first kappa shape index (κ1) is 23.4. The zero-order valence-corrected chi connectivity index (χ0v) is 21.3. The van der Waals surface area contributed by atoms with Gasteiger partial charge in [0.15, 0.2) is 0 Å². The van der Waals surface area contributed by atoms with E-state index in [4.69, 9.17) is 0 Å². The number of fused-ring (bicyclic) bond motifs is 3. The van der Waals surface area contributed by atoms with Gasteiger partial charge in [-0.05, 0) is 77.2 Å². The lowest BCUT2D eigenvalue weighted by molar-refractivity contribution is 0.426. The van der Waals surface area contributed by atoms with Crippen molar-refractivity contribution in [1.82, 2.24) is 0 Å². The van der Waals surface area contributed by atoms with Gasteiger partial charge in [-0.1, -0.05) is 133 Å². The second kappa shape index (κ2) is 9.56. The molecule has 2 N–H and O–H groups in total. The summed E-state index contributed by atoms with van der Waals surface area (Å²) < 4.78 is 0. The van der Waals surface area contributed by atoms with Crippen molar-refractivity contribution in [2.24, 2.45) is 0 Å². The molecule has 0 aliphatic carbocycles. The van der Waals surface area contributed by atoms with Gasteiger partial charge in [0.25, 0.3) is 0 Å². The quantitative estimate of drug-likeness (QED) is 0.191. The van der Waals surface area contributed by atoms with Crippen LogP contribution in [0.5, 0.6) is 0 Å². The summed E-state index contributed by atoms with van der Waals surface area (Å²) in [6.07, 6.45) is 0. The maximum Gasteiger partial charge on any atom is 0.488 e. The summed E-state index contributed by atoms with van der Waals surface area (Å²) in [5.41, 5.74) is 7.30. The molecule has 7 aromatic carbocycles. The van der Waals surface area contributed by atoms with Gasteiger partial charge in [0.2, 0.25) is 0 Å². The molecule has 0 atom stereocenters. The fourth-order valence-corrected chi connectivity index (χ4v) is 5.78. The summed E-state index contributed by atoms with van der Waals surface area (Å²) in [5.74, 6) is 0. The summed E-state index contributed by atoms with van der Waals surface area (Å²) in [4.78, 5) is 0. The molecule has 0 aliphatic rings. The molecule has 39 heavy (non-hydrogen) atoms. The van der Waals surface area contributed by atoms with E-state index >= 15 is 0 Å². The summed E-state index contributed by atoms with van der Waals surface area (Å²) >= 11 is 0. The van der Waals surface area contributed by atoms with Crippen LogP contribution in [0.25, 0.3) is 65.7 Å². The fraction of sp³-hybridized carbons (Fsp3) is 0. The number of hydrogen-bond acceptors (Lipinski definition) is 2. The van der Waals surface area contributed by atoms with E-state index in [1.165, 1.54) is 21.9 Å². The van der Waals surface area contributed by atoms with Crippen LogP contribution in [0.3, 0.4) is 0 Å². The minimum atomic E-state index is -1.54. The Morgan fingerprint density at radius 2 is 0.897 bits per heavy atom. The average Bonchev–Trinajstić information content (AvgIpc) is 3.00. The molecule has 0 aliphatic heterocycles. The molecule has 0 bridgehead atoms. The monoisotopic (exact) mass is 500 g/mol. The fourth-order valence-electron chi connectivity index (χ4n) is 5.78. The molecule has 184 valence electrons. The number of hydrogen-bond donors (Lipinski definition) is 2. The third kappa shape index (κ3) is 4.09. The molecular weight excluding hydrogens is 475 g/mol. The highest BCUT2D eigenvalue weighted by molar-refractivity contribution is 6.59. The second-order valence-corrected chi connectivity index (χ2v) is 9.98. The molecule has 0 amide bonds. The van der Waals surface area contributed by atoms with Crippen LogP contribution in [-0.2, 0) is 0 Å². The molecular formula is C36H25BO2. The second-order valence-electron chi connectivity index (χ2n) is 9.98. The zero-order valence-electron chi connectivity index (χ0n) is 21.3. The van der Waals surface area contributed by atoms with Crippen molar-refractivity contribution in [2.75, 3.05) is 0 Å². The maximum atomic E-state index is 10.1. The first-order chi connectivity index (χ1) is 19.2. The van der Waals surface area contributed by atoms with E-state index in [1.54, 1.807) is 0 Å². The highest BCUT2D eigenvalue weighted by atomic mass is 16.4. The first-order valence-electron chi connectivity index (χ1n) is 13.2. The molecule has 0 spiro atoms. The largest absolute Gasteiger partial charge is 0.488 e. The molecule has 0 saturated heterocycles. The summed E-state index contributed by atoms with van der Waals surface area (Å²) in [6, 6.07) is 48.3. The lowest BCUT2D eigenvalue weighted by Gasteiger charge is -2.19. The molecule has 3 heteroatoms. The standard InChI is InChI=1S/C36H25BO2/c38-37(39)30-20-21-33-34(23-30)36(29-19-16-25-10-4-5-11-28(25)22-29)32-13-7-6-12-31(32)35(33)27-17-14-26(15-18-27)24-8-2-1-3-9-24/h1-23,38-39H. The van der Waals surface area contributed by atoms with E-state index in [9.17, 15) is 10.0 Å². The minimum absolute atomic E-state index is 0.477. The normalized spacial score (nSPS) is 11.3. The van der Waals surface area contributed by atoms with Crippen LogP contribution in [0.2, 0.25) is 0 Å². The SMILES string of the molecule is OB(O)c1ccc2c(-c3ccc(-c4ccccc4)cc3)c3ccccc3c(-c3ccc4ccccc4c3)c2c1. The molecule has 0 radical (unpaired) electrons. The van der Waals surface area contributed by atoms with Crippen LogP contribution in [0.1, 0.15) is 0 Å². The summed E-state index contributed by atoms with van der Waals surface area (Å²) in [7, 11) is -1.54. The molecule has 7 aromatic rings. The van der Waals surface area contributed by atoms with Crippen LogP contribution < -0.4 is 5.46 Å². The summed E-state index contributed by atoms with van der Waals surface area (Å²) in [5, 5.41) is 26.9. The predicted molar refractivity (Wildman–Crippen MR) is 165 cm³/mol. The van der Waals surface area contributed by atoms with Gasteiger partial charge in [-0.2, -0.15) is 0 Å². The zero-order chi connectivity index (χ0) is 26.3. The van der Waals surface area contributed by atoms with Crippen molar-refractivity contribution in [2.45, 2.75) is 0 Å². The topological polar surface area (TPSA) is 40.5 Å². The molecule has 0 unspecified atom stereocenters. The molecule has 0 fully saturated rings. The van der Waals surface area contributed by atoms with Gasteiger partial charge in [-0.15, -0.1) is 0 Å². The van der Waals surface area contributed by atoms with Gasteiger partial charge in [0, 0.05) is 0 Å². The van der Waals surface area contributed by atoms with Crippen molar-refractivity contribution in [3.63, 3.8) is 0 Å². The third-order valence-corrected chi connectivity index (χ3v) is 7.67. The summed E-state index contributed by atoms with van der Waals surface area (Å²) in [6.45, 7) is 0.